The summed E-state index contributed by atoms with van der Waals surface area (Å²) in [6.07, 6.45) is 3.30. The third-order valence-corrected chi connectivity index (χ3v) is 1.11. The first-order chi connectivity index (χ1) is 4.20. The Kier molecular flexibility index (Phi) is 4.06. The number of hydrogen-bond acceptors (Lipinski definition) is 1. The summed E-state index contributed by atoms with van der Waals surface area (Å²) in [5.41, 5.74) is 0. The third-order valence-electron chi connectivity index (χ3n) is 0.842. The zero-order valence-electron chi connectivity index (χ0n) is 5.36. The van der Waals surface area contributed by atoms with Gasteiger partial charge in [0.05, 0.1) is 0 Å². The van der Waals surface area contributed by atoms with Gasteiger partial charge in [-0.2, -0.15) is 0 Å². The number of carbonyl (C=O) groups is 1. The topological polar surface area (TPSA) is 17.1 Å². The molecule has 0 aliphatic carbocycles. The maximum atomic E-state index is 10.6. The van der Waals surface area contributed by atoms with E-state index in [4.69, 9.17) is 11.6 Å². The Labute approximate surface area is 60.0 Å². The van der Waals surface area contributed by atoms with Gasteiger partial charge < -0.3 is 0 Å². The fourth-order valence-electron chi connectivity index (χ4n) is 0.315. The predicted octanol–water partition coefficient (Wildman–Crippen LogP) is 2.27. The number of hydrogen-bond donors (Lipinski definition) is 0. The van der Waals surface area contributed by atoms with Gasteiger partial charge in [0.25, 0.3) is 0 Å². The Hall–Kier alpha value is -0.560. The van der Waals surface area contributed by atoms with Crippen molar-refractivity contribution in [2.75, 3.05) is 0 Å². The summed E-state index contributed by atoms with van der Waals surface area (Å²) >= 11 is 5.46. The summed E-state index contributed by atoms with van der Waals surface area (Å²) in [5.74, 6) is 0.0277. The molecule has 0 spiro atoms. The van der Waals surface area contributed by atoms with Gasteiger partial charge in [-0.05, 0) is 6.08 Å². The zero-order chi connectivity index (χ0) is 7.28. The van der Waals surface area contributed by atoms with Crippen LogP contribution in [0.3, 0.4) is 0 Å². The lowest BCUT2D eigenvalue weighted by atomic mass is 10.3. The average Bonchev–Trinajstić information content (AvgIpc) is 1.87. The average molecular weight is 145 g/mol. The summed E-state index contributed by atoms with van der Waals surface area (Å²) in [4.78, 5) is 10.6. The van der Waals surface area contributed by atoms with Crippen LogP contribution in [0.5, 0.6) is 0 Å². The van der Waals surface area contributed by atoms with Crippen LogP contribution >= 0.6 is 11.6 Å². The molecule has 0 aliphatic rings. The van der Waals surface area contributed by atoms with Crippen LogP contribution in [0.25, 0.3) is 0 Å². The van der Waals surface area contributed by atoms with E-state index in [0.717, 1.165) is 0 Å². The highest BCUT2D eigenvalue weighted by molar-refractivity contribution is 6.32. The Balaban J connectivity index is 3.94. The maximum Gasteiger partial charge on any atom is 0.156 e. The molecule has 0 saturated carbocycles. The van der Waals surface area contributed by atoms with E-state index in [1.807, 2.05) is 0 Å². The summed E-state index contributed by atoms with van der Waals surface area (Å²) < 4.78 is 0. The minimum atomic E-state index is 0.0277. The molecule has 0 aliphatic heterocycles. The second kappa shape index (κ2) is 4.33. The van der Waals surface area contributed by atoms with Crippen molar-refractivity contribution < 1.29 is 4.79 Å². The number of carbonyl (C=O) groups excluding carboxylic acids is 1. The largest absolute Gasteiger partial charge is 0.295 e. The normalized spacial score (nSPS) is 11.1. The molecule has 0 aromatic carbocycles. The van der Waals surface area contributed by atoms with Gasteiger partial charge in [0.1, 0.15) is 0 Å². The minimum absolute atomic E-state index is 0.0277. The molecule has 0 unspecified atom stereocenters. The summed E-state index contributed by atoms with van der Waals surface area (Å²) in [5, 5.41) is 0.404. The van der Waals surface area contributed by atoms with Crippen molar-refractivity contribution in [3.8, 4) is 0 Å². The fourth-order valence-corrected chi connectivity index (χ4v) is 0.436. The van der Waals surface area contributed by atoms with Crippen LogP contribution in [0, 0.1) is 0 Å². The molecule has 0 rings (SSSR count). The first kappa shape index (κ1) is 8.44. The van der Waals surface area contributed by atoms with E-state index < -0.39 is 0 Å². The molecule has 0 saturated heterocycles. The quantitative estimate of drug-likeness (QED) is 0.439. The molecular weight excluding hydrogens is 136 g/mol. The molecule has 0 amide bonds. The molecule has 0 bridgehead atoms. The number of allylic oxidation sites excluding steroid dienone is 3. The van der Waals surface area contributed by atoms with Crippen LogP contribution < -0.4 is 0 Å². The van der Waals surface area contributed by atoms with Crippen LogP contribution in [0.15, 0.2) is 23.8 Å². The maximum absolute atomic E-state index is 10.6. The number of rotatable bonds is 3. The van der Waals surface area contributed by atoms with Crippen molar-refractivity contribution in [2.24, 2.45) is 0 Å². The Morgan fingerprint density at radius 3 is 2.67 bits per heavy atom. The molecule has 9 heavy (non-hydrogen) atoms. The van der Waals surface area contributed by atoms with Crippen molar-refractivity contribution in [3.05, 3.63) is 23.8 Å². The molecule has 0 aromatic heterocycles. The van der Waals surface area contributed by atoms with Crippen LogP contribution in [0.1, 0.15) is 13.3 Å². The highest BCUT2D eigenvalue weighted by Crippen LogP contribution is 2.01. The number of halogens is 1. The molecule has 0 aromatic rings. The smallest absolute Gasteiger partial charge is 0.156 e. The van der Waals surface area contributed by atoms with E-state index in [2.05, 4.69) is 6.58 Å². The summed E-state index contributed by atoms with van der Waals surface area (Å²) in [7, 11) is 0. The van der Waals surface area contributed by atoms with Crippen molar-refractivity contribution in [1.82, 2.24) is 0 Å². The lowest BCUT2D eigenvalue weighted by Gasteiger charge is -1.85. The van der Waals surface area contributed by atoms with E-state index in [0.29, 0.717) is 11.5 Å². The predicted molar refractivity (Wildman–Crippen MR) is 39.4 cm³/mol. The molecular formula is C7H9ClO. The molecule has 0 fully saturated rings. The highest BCUT2D eigenvalue weighted by Gasteiger charge is 1.91. The van der Waals surface area contributed by atoms with Crippen molar-refractivity contribution in [3.63, 3.8) is 0 Å². The van der Waals surface area contributed by atoms with Gasteiger partial charge in [0.2, 0.25) is 0 Å². The fraction of sp³-hybridized carbons (Fsp3) is 0.286. The summed E-state index contributed by atoms with van der Waals surface area (Å²) in [6, 6.07) is 0. The summed E-state index contributed by atoms with van der Waals surface area (Å²) in [6.45, 7) is 5.18. The Bertz CT molecular complexity index is 147. The van der Waals surface area contributed by atoms with E-state index in [-0.39, 0.29) is 5.78 Å². The second-order valence-corrected chi connectivity index (χ2v) is 1.99. The van der Waals surface area contributed by atoms with Gasteiger partial charge >= 0.3 is 0 Å². The van der Waals surface area contributed by atoms with E-state index in [1.54, 1.807) is 6.92 Å². The molecule has 1 nitrogen and oxygen atoms in total. The van der Waals surface area contributed by atoms with Gasteiger partial charge in [-0.25, -0.2) is 0 Å². The highest BCUT2D eigenvalue weighted by atomic mass is 35.5. The standard InChI is InChI=1S/C7H9ClO/c1-3-6(8)5-7(9)4-2/h3,5H,1,4H2,2H3/b6-5+. The van der Waals surface area contributed by atoms with Crippen molar-refractivity contribution >= 4 is 17.4 Å². The lowest BCUT2D eigenvalue weighted by Crippen LogP contribution is -1.87. The van der Waals surface area contributed by atoms with E-state index in [9.17, 15) is 4.79 Å². The van der Waals surface area contributed by atoms with Crippen LogP contribution in [-0.4, -0.2) is 5.78 Å². The number of ketones is 1. The van der Waals surface area contributed by atoms with Crippen LogP contribution in [-0.2, 0) is 4.79 Å². The van der Waals surface area contributed by atoms with Crippen molar-refractivity contribution in [2.45, 2.75) is 13.3 Å². The van der Waals surface area contributed by atoms with Gasteiger partial charge in [-0.3, -0.25) is 4.79 Å². The molecule has 0 radical (unpaired) electrons. The minimum Gasteiger partial charge on any atom is -0.295 e. The lowest BCUT2D eigenvalue weighted by molar-refractivity contribution is -0.114. The van der Waals surface area contributed by atoms with E-state index in [1.165, 1.54) is 12.2 Å². The van der Waals surface area contributed by atoms with E-state index >= 15 is 0 Å². The first-order valence-electron chi connectivity index (χ1n) is 2.73. The zero-order valence-corrected chi connectivity index (χ0v) is 6.11. The van der Waals surface area contributed by atoms with Gasteiger partial charge in [-0.15, -0.1) is 0 Å². The Morgan fingerprint density at radius 1 is 1.78 bits per heavy atom. The molecule has 50 valence electrons. The molecule has 0 heterocycles. The van der Waals surface area contributed by atoms with Gasteiger partial charge in [0, 0.05) is 11.5 Å². The SMILES string of the molecule is C=C/C(Cl)=C\C(=O)CC. The first-order valence-corrected chi connectivity index (χ1v) is 3.11. The monoisotopic (exact) mass is 144 g/mol. The molecule has 2 heteroatoms. The molecule has 0 atom stereocenters. The van der Waals surface area contributed by atoms with Gasteiger partial charge in [-0.1, -0.05) is 31.2 Å². The Morgan fingerprint density at radius 2 is 2.33 bits per heavy atom. The van der Waals surface area contributed by atoms with Gasteiger partial charge in [0.15, 0.2) is 5.78 Å². The van der Waals surface area contributed by atoms with Crippen LogP contribution in [0.4, 0.5) is 0 Å². The van der Waals surface area contributed by atoms with Crippen LogP contribution in [0.2, 0.25) is 0 Å². The second-order valence-electron chi connectivity index (χ2n) is 1.55. The molecule has 0 N–H and O–H groups in total. The third kappa shape index (κ3) is 3.98. The van der Waals surface area contributed by atoms with Crippen molar-refractivity contribution in [1.29, 1.82) is 0 Å².